The first-order chi connectivity index (χ1) is 20.5. The van der Waals surface area contributed by atoms with Gasteiger partial charge >= 0.3 is 6.03 Å². The van der Waals surface area contributed by atoms with Crippen molar-refractivity contribution in [3.8, 4) is 5.75 Å². The fourth-order valence-electron chi connectivity index (χ4n) is 5.78. The molecule has 4 atom stereocenters. The lowest BCUT2D eigenvalue weighted by molar-refractivity contribution is -0.120. The van der Waals surface area contributed by atoms with Crippen molar-refractivity contribution in [3.63, 3.8) is 0 Å². The summed E-state index contributed by atoms with van der Waals surface area (Å²) in [6.07, 6.45) is 7.10. The number of likely N-dealkylation sites (N-methyl/N-ethyl adjacent to an activating group) is 1. The highest BCUT2D eigenvalue weighted by Gasteiger charge is 2.31. The van der Waals surface area contributed by atoms with Gasteiger partial charge in [-0.1, -0.05) is 26.2 Å². The fraction of sp³-hybridized carbons (Fsp3) is 0.727. The highest BCUT2D eigenvalue weighted by Crippen LogP contribution is 2.30. The molecule has 3 N–H and O–H groups in total. The molecule has 3 rings (SSSR count). The van der Waals surface area contributed by atoms with Gasteiger partial charge in [-0.25, -0.2) is 4.79 Å². The van der Waals surface area contributed by atoms with Crippen molar-refractivity contribution in [2.45, 2.75) is 110 Å². The SMILES string of the molecule is CC(C)NC(=O)N(C)C[C@H]1OCCCC[C@@H](C)Oc2ccc(NC(=O)C3CCCCC3)cc2C(=O)N([C@H](C)CO)C[C@H]1C. The number of urea groups is 1. The number of nitrogens with zero attached hydrogens (tertiary/aromatic N) is 2. The second kappa shape index (κ2) is 16.9. The zero-order chi connectivity index (χ0) is 31.5. The lowest BCUT2D eigenvalue weighted by Crippen LogP contribution is -2.49. The van der Waals surface area contributed by atoms with Crippen molar-refractivity contribution < 1.29 is 29.0 Å². The molecule has 0 unspecified atom stereocenters. The number of benzene rings is 1. The fourth-order valence-corrected chi connectivity index (χ4v) is 5.78. The number of fused-ring (bicyclic) bond motifs is 1. The Kier molecular flexibility index (Phi) is 13.6. The number of aliphatic hydroxyl groups is 1. The van der Waals surface area contributed by atoms with E-state index < -0.39 is 6.04 Å². The Bertz CT molecular complexity index is 1060. The molecule has 0 bridgehead atoms. The Balaban J connectivity index is 1.91. The summed E-state index contributed by atoms with van der Waals surface area (Å²) in [4.78, 5) is 43.2. The van der Waals surface area contributed by atoms with E-state index in [1.54, 1.807) is 35.0 Å². The Labute approximate surface area is 257 Å². The van der Waals surface area contributed by atoms with Crippen LogP contribution in [0.15, 0.2) is 18.2 Å². The average Bonchev–Trinajstić information content (AvgIpc) is 2.98. The predicted molar refractivity (Wildman–Crippen MR) is 168 cm³/mol. The predicted octanol–water partition coefficient (Wildman–Crippen LogP) is 5.05. The summed E-state index contributed by atoms with van der Waals surface area (Å²) >= 11 is 0. The minimum atomic E-state index is -0.476. The van der Waals surface area contributed by atoms with E-state index >= 15 is 0 Å². The largest absolute Gasteiger partial charge is 0.490 e. The number of rotatable bonds is 7. The monoisotopic (exact) mass is 602 g/mol. The lowest BCUT2D eigenvalue weighted by Gasteiger charge is -2.36. The van der Waals surface area contributed by atoms with Gasteiger partial charge in [0, 0.05) is 50.3 Å². The smallest absolute Gasteiger partial charge is 0.317 e. The molecular formula is C33H54N4O6. The highest BCUT2D eigenvalue weighted by atomic mass is 16.5. The third kappa shape index (κ3) is 10.4. The highest BCUT2D eigenvalue weighted by molar-refractivity contribution is 6.00. The van der Waals surface area contributed by atoms with Gasteiger partial charge in [-0.3, -0.25) is 9.59 Å². The number of carbonyl (C=O) groups excluding carboxylic acids is 3. The van der Waals surface area contributed by atoms with Crippen LogP contribution in [0.5, 0.6) is 5.75 Å². The molecule has 242 valence electrons. The summed E-state index contributed by atoms with van der Waals surface area (Å²) in [5, 5.41) is 16.1. The van der Waals surface area contributed by atoms with Crippen LogP contribution < -0.4 is 15.4 Å². The molecule has 2 aliphatic rings. The van der Waals surface area contributed by atoms with Crippen molar-refractivity contribution >= 4 is 23.5 Å². The van der Waals surface area contributed by atoms with Gasteiger partial charge in [0.15, 0.2) is 0 Å². The van der Waals surface area contributed by atoms with Crippen molar-refractivity contribution in [3.05, 3.63) is 23.8 Å². The average molecular weight is 603 g/mol. The molecule has 1 aromatic carbocycles. The van der Waals surface area contributed by atoms with Gasteiger partial charge in [0.2, 0.25) is 5.91 Å². The van der Waals surface area contributed by atoms with Crippen LogP contribution in [0, 0.1) is 11.8 Å². The van der Waals surface area contributed by atoms with Gasteiger partial charge in [-0.05, 0) is 78.0 Å². The van der Waals surface area contributed by atoms with E-state index in [-0.39, 0.29) is 54.5 Å². The molecule has 1 saturated carbocycles. The number of aliphatic hydroxyl groups excluding tert-OH is 1. The third-order valence-electron chi connectivity index (χ3n) is 8.51. The zero-order valence-electron chi connectivity index (χ0n) is 27.1. The van der Waals surface area contributed by atoms with Crippen LogP contribution in [0.1, 0.15) is 96.3 Å². The molecule has 1 aliphatic heterocycles. The van der Waals surface area contributed by atoms with Crippen LogP contribution in [0.2, 0.25) is 0 Å². The normalized spacial score (nSPS) is 23.5. The van der Waals surface area contributed by atoms with Crippen molar-refractivity contribution in [1.29, 1.82) is 0 Å². The van der Waals surface area contributed by atoms with Crippen LogP contribution in [-0.2, 0) is 9.53 Å². The Hall–Kier alpha value is -2.85. The first kappa shape index (κ1) is 34.6. The molecule has 1 aliphatic carbocycles. The topological polar surface area (TPSA) is 120 Å². The van der Waals surface area contributed by atoms with Gasteiger partial charge in [-0.15, -0.1) is 0 Å². The standard InChI is InChI=1S/C33H54N4O6/c1-22(2)34-33(41)36(6)20-30-23(3)19-37(24(4)21-38)32(40)28-18-27(35-31(39)26-13-8-7-9-14-26)15-16-29(28)43-25(5)12-10-11-17-42-30/h15-16,18,22-26,30,38H,7-14,17,19-21H2,1-6H3,(H,34,41)(H,35,39)/t23-,24-,25-,30-/m1/s1. The third-order valence-corrected chi connectivity index (χ3v) is 8.51. The number of hydrogen-bond donors (Lipinski definition) is 3. The molecule has 0 spiro atoms. The molecule has 43 heavy (non-hydrogen) atoms. The van der Waals surface area contributed by atoms with Crippen LogP contribution >= 0.6 is 0 Å². The maximum atomic E-state index is 14.3. The molecule has 0 radical (unpaired) electrons. The molecular weight excluding hydrogens is 548 g/mol. The van der Waals surface area contributed by atoms with Crippen LogP contribution in [0.3, 0.4) is 0 Å². The van der Waals surface area contributed by atoms with Gasteiger partial charge < -0.3 is 35.0 Å². The lowest BCUT2D eigenvalue weighted by atomic mass is 9.88. The quantitative estimate of drug-likeness (QED) is 0.402. The van der Waals surface area contributed by atoms with Gasteiger partial charge in [0.25, 0.3) is 5.91 Å². The van der Waals surface area contributed by atoms with E-state index in [0.717, 1.165) is 51.4 Å². The summed E-state index contributed by atoms with van der Waals surface area (Å²) in [6, 6.07) is 4.63. The Morgan fingerprint density at radius 1 is 1.07 bits per heavy atom. The minimum Gasteiger partial charge on any atom is -0.490 e. The van der Waals surface area contributed by atoms with E-state index in [1.807, 2.05) is 34.6 Å². The number of carbonyl (C=O) groups is 3. The van der Waals surface area contributed by atoms with Crippen molar-refractivity contribution in [2.75, 3.05) is 38.7 Å². The Morgan fingerprint density at radius 2 is 1.77 bits per heavy atom. The molecule has 1 heterocycles. The molecule has 4 amide bonds. The maximum Gasteiger partial charge on any atom is 0.317 e. The summed E-state index contributed by atoms with van der Waals surface area (Å²) < 4.78 is 12.6. The van der Waals surface area contributed by atoms with E-state index in [4.69, 9.17) is 9.47 Å². The summed E-state index contributed by atoms with van der Waals surface area (Å²) in [6.45, 7) is 10.6. The van der Waals surface area contributed by atoms with E-state index in [1.165, 1.54) is 0 Å². The van der Waals surface area contributed by atoms with Crippen molar-refractivity contribution in [2.24, 2.45) is 11.8 Å². The van der Waals surface area contributed by atoms with Gasteiger partial charge in [0.1, 0.15) is 5.75 Å². The number of anilines is 1. The van der Waals surface area contributed by atoms with E-state index in [9.17, 15) is 19.5 Å². The number of ether oxygens (including phenoxy) is 2. The molecule has 1 aromatic rings. The second-order valence-corrected chi connectivity index (χ2v) is 12.8. The van der Waals surface area contributed by atoms with Crippen LogP contribution in [-0.4, -0.2) is 90.4 Å². The van der Waals surface area contributed by atoms with Gasteiger partial charge in [-0.2, -0.15) is 0 Å². The van der Waals surface area contributed by atoms with Crippen LogP contribution in [0.25, 0.3) is 0 Å². The molecule has 1 fully saturated rings. The van der Waals surface area contributed by atoms with Gasteiger partial charge in [0.05, 0.1) is 30.4 Å². The summed E-state index contributed by atoms with van der Waals surface area (Å²) in [7, 11) is 1.75. The molecule has 10 nitrogen and oxygen atoms in total. The first-order valence-electron chi connectivity index (χ1n) is 16.2. The molecule has 0 aromatic heterocycles. The first-order valence-corrected chi connectivity index (χ1v) is 16.2. The Morgan fingerprint density at radius 3 is 2.44 bits per heavy atom. The maximum absolute atomic E-state index is 14.3. The zero-order valence-corrected chi connectivity index (χ0v) is 27.1. The minimum absolute atomic E-state index is 0.0115. The number of hydrogen-bond acceptors (Lipinski definition) is 6. The summed E-state index contributed by atoms with van der Waals surface area (Å²) in [5.74, 6) is 0.00518. The van der Waals surface area contributed by atoms with E-state index in [2.05, 4.69) is 10.6 Å². The number of amides is 4. The molecule has 10 heteroatoms. The summed E-state index contributed by atoms with van der Waals surface area (Å²) in [5.41, 5.74) is 0.910. The van der Waals surface area contributed by atoms with E-state index in [0.29, 0.717) is 36.7 Å². The van der Waals surface area contributed by atoms with Crippen molar-refractivity contribution in [1.82, 2.24) is 15.1 Å². The number of nitrogens with one attached hydrogen (secondary N) is 2. The second-order valence-electron chi connectivity index (χ2n) is 12.8. The van der Waals surface area contributed by atoms with Crippen LogP contribution in [0.4, 0.5) is 10.5 Å². The molecule has 0 saturated heterocycles.